The molecule has 1 N–H and O–H groups in total. The Bertz CT molecular complexity index is 1280. The third-order valence-electron chi connectivity index (χ3n) is 4.83. The minimum atomic E-state index is -0.528. The molecule has 0 unspecified atom stereocenters. The lowest BCUT2D eigenvalue weighted by molar-refractivity contribution is -0.112. The van der Waals surface area contributed by atoms with Crippen LogP contribution in [0.4, 0.5) is 5.69 Å². The molecule has 6 nitrogen and oxygen atoms in total. The number of hydrogen-bond acceptors (Lipinski definition) is 5. The first-order valence-corrected chi connectivity index (χ1v) is 12.1. The maximum absolute atomic E-state index is 12.7. The summed E-state index contributed by atoms with van der Waals surface area (Å²) in [6.45, 7) is 6.46. The second kappa shape index (κ2) is 12.9. The number of nitrogens with one attached hydrogen (secondary N) is 1. The van der Waals surface area contributed by atoms with Gasteiger partial charge in [0.15, 0.2) is 11.5 Å². The highest BCUT2D eigenvalue weighted by Crippen LogP contribution is 2.30. The van der Waals surface area contributed by atoms with Crippen LogP contribution in [0, 0.1) is 11.3 Å². The van der Waals surface area contributed by atoms with Gasteiger partial charge >= 0.3 is 0 Å². The number of halogens is 2. The summed E-state index contributed by atoms with van der Waals surface area (Å²) in [6, 6.07) is 19.3. The van der Waals surface area contributed by atoms with Crippen LogP contribution in [0.2, 0.25) is 10.0 Å². The average Bonchev–Trinajstić information content (AvgIpc) is 2.84. The van der Waals surface area contributed by atoms with Gasteiger partial charge in [-0.05, 0) is 80.9 Å². The van der Waals surface area contributed by atoms with Gasteiger partial charge in [0.05, 0.1) is 12.7 Å². The van der Waals surface area contributed by atoms with Crippen molar-refractivity contribution in [3.63, 3.8) is 0 Å². The Hall–Kier alpha value is -3.66. The predicted molar refractivity (Wildman–Crippen MR) is 143 cm³/mol. The summed E-state index contributed by atoms with van der Waals surface area (Å²) in [5, 5.41) is 13.4. The zero-order valence-electron chi connectivity index (χ0n) is 20.2. The van der Waals surface area contributed by atoms with Crippen LogP contribution in [0.1, 0.15) is 31.9 Å². The van der Waals surface area contributed by atoms with E-state index in [4.69, 9.17) is 37.4 Å². The largest absolute Gasteiger partial charge is 0.490 e. The normalized spacial score (nSPS) is 11.1. The number of rotatable bonds is 10. The Morgan fingerprint density at radius 3 is 2.42 bits per heavy atom. The number of amides is 1. The molecule has 186 valence electrons. The third-order valence-corrected chi connectivity index (χ3v) is 5.41. The molecule has 0 atom stereocenters. The topological polar surface area (TPSA) is 80.6 Å². The molecule has 0 saturated heterocycles. The minimum Gasteiger partial charge on any atom is -0.490 e. The third kappa shape index (κ3) is 7.67. The van der Waals surface area contributed by atoms with Gasteiger partial charge in [0.2, 0.25) is 0 Å². The Labute approximate surface area is 221 Å². The summed E-state index contributed by atoms with van der Waals surface area (Å²) in [7, 11) is 0. The first kappa shape index (κ1) is 26.9. The quantitative estimate of drug-likeness (QED) is 0.222. The number of benzene rings is 3. The predicted octanol–water partition coefficient (Wildman–Crippen LogP) is 7.30. The smallest absolute Gasteiger partial charge is 0.266 e. The van der Waals surface area contributed by atoms with E-state index >= 15 is 0 Å². The maximum Gasteiger partial charge on any atom is 0.266 e. The van der Waals surface area contributed by atoms with Crippen molar-refractivity contribution in [1.82, 2.24) is 0 Å². The molecule has 0 aliphatic carbocycles. The molecule has 8 heteroatoms. The van der Waals surface area contributed by atoms with Crippen molar-refractivity contribution in [2.24, 2.45) is 0 Å². The summed E-state index contributed by atoms with van der Waals surface area (Å²) >= 11 is 12.1. The lowest BCUT2D eigenvalue weighted by Crippen LogP contribution is -2.13. The van der Waals surface area contributed by atoms with Crippen LogP contribution in [0.3, 0.4) is 0 Å². The van der Waals surface area contributed by atoms with Crippen LogP contribution in [0.15, 0.2) is 66.2 Å². The van der Waals surface area contributed by atoms with Gasteiger partial charge in [-0.2, -0.15) is 5.26 Å². The molecule has 3 aromatic carbocycles. The molecule has 3 rings (SSSR count). The second-order valence-electron chi connectivity index (χ2n) is 7.98. The van der Waals surface area contributed by atoms with Gasteiger partial charge in [0.25, 0.3) is 5.91 Å². The van der Waals surface area contributed by atoms with Gasteiger partial charge in [-0.1, -0.05) is 35.3 Å². The Morgan fingerprint density at radius 1 is 1.03 bits per heavy atom. The Morgan fingerprint density at radius 2 is 1.78 bits per heavy atom. The minimum absolute atomic E-state index is 0.0157. The van der Waals surface area contributed by atoms with Gasteiger partial charge in [-0.15, -0.1) is 0 Å². The maximum atomic E-state index is 12.7. The molecule has 0 aromatic heterocycles. The van der Waals surface area contributed by atoms with Crippen LogP contribution in [-0.4, -0.2) is 18.6 Å². The lowest BCUT2D eigenvalue weighted by atomic mass is 10.1. The fraction of sp³-hybridized carbons (Fsp3) is 0.214. The molecule has 0 bridgehead atoms. The fourth-order valence-electron chi connectivity index (χ4n) is 3.18. The van der Waals surface area contributed by atoms with E-state index in [0.717, 1.165) is 5.56 Å². The zero-order chi connectivity index (χ0) is 26.1. The molecule has 0 aliphatic heterocycles. The van der Waals surface area contributed by atoms with E-state index in [9.17, 15) is 10.1 Å². The van der Waals surface area contributed by atoms with E-state index in [1.165, 1.54) is 6.08 Å². The van der Waals surface area contributed by atoms with Gasteiger partial charge in [0.1, 0.15) is 24.0 Å². The van der Waals surface area contributed by atoms with E-state index in [0.29, 0.717) is 45.2 Å². The zero-order valence-corrected chi connectivity index (χ0v) is 21.7. The van der Waals surface area contributed by atoms with E-state index in [-0.39, 0.29) is 18.3 Å². The van der Waals surface area contributed by atoms with Crippen molar-refractivity contribution in [3.8, 4) is 23.3 Å². The van der Waals surface area contributed by atoms with E-state index in [1.807, 2.05) is 26.8 Å². The van der Waals surface area contributed by atoms with Gasteiger partial charge < -0.3 is 19.5 Å². The summed E-state index contributed by atoms with van der Waals surface area (Å²) in [4.78, 5) is 12.7. The molecule has 36 heavy (non-hydrogen) atoms. The Balaban J connectivity index is 1.67. The standard InChI is InChI=1S/C28H26Cl2N2O4/c1-4-34-27-14-19(5-12-26(27)36-18(2)3)13-21(16-31)28(33)32-23-8-10-24(11-9-23)35-17-20-6-7-22(29)15-25(20)30/h5-15,18H,4,17H2,1-3H3,(H,32,33)/b21-13+. The van der Waals surface area contributed by atoms with Crippen molar-refractivity contribution in [2.45, 2.75) is 33.5 Å². The van der Waals surface area contributed by atoms with Crippen LogP contribution in [0.5, 0.6) is 17.2 Å². The molecular weight excluding hydrogens is 499 g/mol. The molecule has 0 spiro atoms. The van der Waals surface area contributed by atoms with Gasteiger partial charge in [-0.25, -0.2) is 0 Å². The van der Waals surface area contributed by atoms with Gasteiger partial charge in [-0.3, -0.25) is 4.79 Å². The molecule has 0 saturated carbocycles. The molecular formula is C28H26Cl2N2O4. The number of carbonyl (C=O) groups is 1. The molecule has 0 radical (unpaired) electrons. The van der Waals surface area contributed by atoms with Crippen molar-refractivity contribution in [2.75, 3.05) is 11.9 Å². The van der Waals surface area contributed by atoms with Crippen molar-refractivity contribution in [3.05, 3.63) is 87.4 Å². The molecule has 1 amide bonds. The number of hydrogen-bond donors (Lipinski definition) is 1. The summed E-state index contributed by atoms with van der Waals surface area (Å²) < 4.78 is 17.2. The summed E-state index contributed by atoms with van der Waals surface area (Å²) in [6.07, 6.45) is 1.49. The van der Waals surface area contributed by atoms with E-state index < -0.39 is 5.91 Å². The highest BCUT2D eigenvalue weighted by atomic mass is 35.5. The van der Waals surface area contributed by atoms with Crippen LogP contribution in [-0.2, 0) is 11.4 Å². The van der Waals surface area contributed by atoms with E-state index in [2.05, 4.69) is 5.32 Å². The molecule has 0 heterocycles. The number of nitriles is 1. The van der Waals surface area contributed by atoms with Gasteiger partial charge in [0, 0.05) is 21.3 Å². The fourth-order valence-corrected chi connectivity index (χ4v) is 3.65. The number of ether oxygens (including phenoxy) is 3. The highest BCUT2D eigenvalue weighted by Gasteiger charge is 2.12. The summed E-state index contributed by atoms with van der Waals surface area (Å²) in [5.74, 6) is 1.22. The van der Waals surface area contributed by atoms with E-state index in [1.54, 1.807) is 60.7 Å². The molecule has 0 aliphatic rings. The SMILES string of the molecule is CCOc1cc(/C=C(\C#N)C(=O)Nc2ccc(OCc3ccc(Cl)cc3Cl)cc2)ccc1OC(C)C. The van der Waals surface area contributed by atoms with Crippen LogP contribution in [0.25, 0.3) is 6.08 Å². The number of carbonyl (C=O) groups excluding carboxylic acids is 1. The number of anilines is 1. The summed E-state index contributed by atoms with van der Waals surface area (Å²) in [5.41, 5.74) is 1.92. The van der Waals surface area contributed by atoms with Crippen LogP contribution >= 0.6 is 23.2 Å². The Kier molecular flexibility index (Phi) is 9.63. The average molecular weight is 525 g/mol. The lowest BCUT2D eigenvalue weighted by Gasteiger charge is -2.15. The molecule has 3 aromatic rings. The van der Waals surface area contributed by atoms with Crippen molar-refractivity contribution < 1.29 is 19.0 Å². The van der Waals surface area contributed by atoms with Crippen molar-refractivity contribution >= 4 is 40.9 Å². The first-order valence-electron chi connectivity index (χ1n) is 11.3. The molecule has 0 fully saturated rings. The second-order valence-corrected chi connectivity index (χ2v) is 8.82. The highest BCUT2D eigenvalue weighted by molar-refractivity contribution is 6.35. The van der Waals surface area contributed by atoms with Crippen LogP contribution < -0.4 is 19.5 Å². The number of nitrogens with zero attached hydrogens (tertiary/aromatic N) is 1. The first-order chi connectivity index (χ1) is 17.3. The van der Waals surface area contributed by atoms with Crippen molar-refractivity contribution in [1.29, 1.82) is 5.26 Å². The monoisotopic (exact) mass is 524 g/mol.